The van der Waals surface area contributed by atoms with Crippen molar-refractivity contribution < 1.29 is 14.9 Å². The lowest BCUT2D eigenvalue weighted by molar-refractivity contribution is 0.210. The first-order valence-corrected chi connectivity index (χ1v) is 3.55. The fraction of sp³-hybridized carbons (Fsp3) is 0.571. The minimum Gasteiger partial charge on any atom is -0.411 e. The number of oxime groups is 3. The number of nitrogens with zero attached hydrogens (tertiary/aromatic N) is 3. The second-order valence-electron chi connectivity index (χ2n) is 2.17. The minimum absolute atomic E-state index is 0.306. The van der Waals surface area contributed by atoms with Crippen LogP contribution in [0.15, 0.2) is 15.5 Å². The molecule has 0 saturated heterocycles. The molecule has 0 spiro atoms. The third-order valence-corrected chi connectivity index (χ3v) is 1.25. The van der Waals surface area contributed by atoms with Crippen molar-refractivity contribution in [1.82, 2.24) is 0 Å². The van der Waals surface area contributed by atoms with Gasteiger partial charge in [-0.2, -0.15) is 0 Å². The summed E-state index contributed by atoms with van der Waals surface area (Å²) in [6.07, 6.45) is 0. The summed E-state index contributed by atoms with van der Waals surface area (Å²) in [5, 5.41) is 18.7. The predicted octanol–water partition coefficient (Wildman–Crippen LogP) is 0.861. The van der Waals surface area contributed by atoms with Crippen LogP contribution in [0.1, 0.15) is 13.8 Å². The fourth-order valence-electron chi connectivity index (χ4n) is 0.713. The van der Waals surface area contributed by atoms with Gasteiger partial charge in [-0.25, -0.2) is 0 Å². The Bertz CT molecular complexity index is 245. The third-order valence-electron chi connectivity index (χ3n) is 1.25. The van der Waals surface area contributed by atoms with Crippen LogP contribution in [0.25, 0.3) is 0 Å². The monoisotopic (exact) mass is 187 g/mol. The molecular formula is C7H13N3O3. The van der Waals surface area contributed by atoms with Gasteiger partial charge in [0.2, 0.25) is 0 Å². The van der Waals surface area contributed by atoms with Crippen molar-refractivity contribution in [3.8, 4) is 0 Å². The van der Waals surface area contributed by atoms with Crippen molar-refractivity contribution in [1.29, 1.82) is 0 Å². The molecule has 0 aromatic carbocycles. The first-order chi connectivity index (χ1) is 6.17. The lowest BCUT2D eigenvalue weighted by Gasteiger charge is -2.01. The molecule has 0 unspecified atom stereocenters. The van der Waals surface area contributed by atoms with E-state index in [0.29, 0.717) is 17.1 Å². The topological polar surface area (TPSA) is 75.8 Å². The maximum Gasteiger partial charge on any atom is 0.151 e. The summed E-state index contributed by atoms with van der Waals surface area (Å²) in [5.41, 5.74) is 1.12. The molecule has 74 valence electrons. The Balaban J connectivity index is 4.83. The van der Waals surface area contributed by atoms with Crippen molar-refractivity contribution in [3.05, 3.63) is 0 Å². The van der Waals surface area contributed by atoms with E-state index in [9.17, 15) is 0 Å². The van der Waals surface area contributed by atoms with Gasteiger partial charge in [0.25, 0.3) is 0 Å². The minimum atomic E-state index is 0.306. The second-order valence-corrected chi connectivity index (χ2v) is 2.17. The molecule has 0 aromatic rings. The number of hydrogen-bond donors (Lipinski definition) is 1. The Morgan fingerprint density at radius 2 is 1.54 bits per heavy atom. The van der Waals surface area contributed by atoms with Gasteiger partial charge in [-0.05, 0) is 13.8 Å². The second kappa shape index (κ2) is 5.99. The highest BCUT2D eigenvalue weighted by atomic mass is 16.6. The van der Waals surface area contributed by atoms with Crippen molar-refractivity contribution >= 4 is 17.1 Å². The Kier molecular flexibility index (Phi) is 5.25. The highest BCUT2D eigenvalue weighted by molar-refractivity contribution is 6.67. The van der Waals surface area contributed by atoms with E-state index in [-0.39, 0.29) is 0 Å². The molecule has 0 fully saturated rings. The van der Waals surface area contributed by atoms with E-state index in [4.69, 9.17) is 5.21 Å². The first kappa shape index (κ1) is 11.4. The summed E-state index contributed by atoms with van der Waals surface area (Å²) < 4.78 is 0. The summed E-state index contributed by atoms with van der Waals surface area (Å²) in [4.78, 5) is 9.09. The molecule has 0 rings (SSSR count). The maximum atomic E-state index is 8.50. The third kappa shape index (κ3) is 3.55. The standard InChI is InChI=1S/C7H13N3O3/c1-5(8-11)7(10-13-4)6(2)9-12-3/h11H,1-4H3/b8-5-,9-6+,10-7-. The van der Waals surface area contributed by atoms with E-state index in [1.54, 1.807) is 13.8 Å². The van der Waals surface area contributed by atoms with Gasteiger partial charge in [-0.3, -0.25) is 0 Å². The van der Waals surface area contributed by atoms with E-state index < -0.39 is 0 Å². The molecule has 0 saturated carbocycles. The maximum absolute atomic E-state index is 8.50. The van der Waals surface area contributed by atoms with Crippen LogP contribution in [0.3, 0.4) is 0 Å². The molecule has 1 N–H and O–H groups in total. The zero-order valence-electron chi connectivity index (χ0n) is 8.11. The van der Waals surface area contributed by atoms with E-state index in [1.807, 2.05) is 0 Å². The van der Waals surface area contributed by atoms with Gasteiger partial charge < -0.3 is 14.9 Å². The average Bonchev–Trinajstić information content (AvgIpc) is 2.13. The molecule has 0 atom stereocenters. The summed E-state index contributed by atoms with van der Waals surface area (Å²) in [7, 11) is 2.81. The van der Waals surface area contributed by atoms with Gasteiger partial charge >= 0.3 is 0 Å². The highest BCUT2D eigenvalue weighted by Gasteiger charge is 2.10. The van der Waals surface area contributed by atoms with Gasteiger partial charge in [-0.15, -0.1) is 0 Å². The van der Waals surface area contributed by atoms with Crippen molar-refractivity contribution in [2.75, 3.05) is 14.2 Å². The van der Waals surface area contributed by atoms with Crippen LogP contribution in [0, 0.1) is 0 Å². The van der Waals surface area contributed by atoms with Gasteiger partial charge in [0.05, 0.1) is 0 Å². The van der Waals surface area contributed by atoms with Crippen LogP contribution >= 0.6 is 0 Å². The van der Waals surface area contributed by atoms with Crippen LogP contribution in [-0.2, 0) is 9.68 Å². The summed E-state index contributed by atoms with van der Waals surface area (Å²) in [5.74, 6) is 0. The molecule has 0 bridgehead atoms. The summed E-state index contributed by atoms with van der Waals surface area (Å²) in [6, 6.07) is 0. The van der Waals surface area contributed by atoms with Gasteiger partial charge in [0.15, 0.2) is 5.71 Å². The SMILES string of the molecule is CO/N=C(C(/C)=N\O)\C(C)=N\OC. The molecule has 0 aliphatic carbocycles. The lowest BCUT2D eigenvalue weighted by Crippen LogP contribution is -2.20. The van der Waals surface area contributed by atoms with Gasteiger partial charge in [0.1, 0.15) is 25.6 Å². The van der Waals surface area contributed by atoms with Crippen LogP contribution in [0.2, 0.25) is 0 Å². The predicted molar refractivity (Wildman–Crippen MR) is 49.5 cm³/mol. The van der Waals surface area contributed by atoms with Gasteiger partial charge in [0, 0.05) is 0 Å². The van der Waals surface area contributed by atoms with Crippen molar-refractivity contribution in [2.45, 2.75) is 13.8 Å². The zero-order chi connectivity index (χ0) is 10.3. The normalized spacial score (nSPS) is 14.3. The van der Waals surface area contributed by atoms with E-state index in [1.165, 1.54) is 14.2 Å². The average molecular weight is 187 g/mol. The molecule has 0 radical (unpaired) electrons. The molecule has 0 aliphatic heterocycles. The Morgan fingerprint density at radius 3 is 1.92 bits per heavy atom. The molecule has 13 heavy (non-hydrogen) atoms. The molecule has 0 aromatic heterocycles. The first-order valence-electron chi connectivity index (χ1n) is 3.55. The quantitative estimate of drug-likeness (QED) is 0.403. The Hall–Kier alpha value is -1.59. The molecule has 6 heteroatoms. The van der Waals surface area contributed by atoms with Crippen LogP contribution in [0.5, 0.6) is 0 Å². The molecular weight excluding hydrogens is 174 g/mol. The smallest absolute Gasteiger partial charge is 0.151 e. The van der Waals surface area contributed by atoms with Crippen LogP contribution in [0.4, 0.5) is 0 Å². The molecule has 6 nitrogen and oxygen atoms in total. The number of hydrogen-bond acceptors (Lipinski definition) is 6. The summed E-state index contributed by atoms with van der Waals surface area (Å²) >= 11 is 0. The fourth-order valence-corrected chi connectivity index (χ4v) is 0.713. The van der Waals surface area contributed by atoms with Crippen LogP contribution in [-0.4, -0.2) is 36.6 Å². The number of rotatable bonds is 4. The molecule has 0 heterocycles. The Labute approximate surface area is 76.5 Å². The zero-order valence-corrected chi connectivity index (χ0v) is 8.11. The van der Waals surface area contributed by atoms with Gasteiger partial charge in [-0.1, -0.05) is 15.5 Å². The lowest BCUT2D eigenvalue weighted by atomic mass is 10.2. The molecule has 0 aliphatic rings. The molecule has 0 amide bonds. The highest BCUT2D eigenvalue weighted by Crippen LogP contribution is 1.91. The van der Waals surface area contributed by atoms with E-state index >= 15 is 0 Å². The summed E-state index contributed by atoms with van der Waals surface area (Å²) in [6.45, 7) is 3.24. The van der Waals surface area contributed by atoms with Crippen molar-refractivity contribution in [3.63, 3.8) is 0 Å². The van der Waals surface area contributed by atoms with E-state index in [2.05, 4.69) is 25.1 Å². The van der Waals surface area contributed by atoms with Crippen molar-refractivity contribution in [2.24, 2.45) is 15.5 Å². The largest absolute Gasteiger partial charge is 0.411 e. The van der Waals surface area contributed by atoms with E-state index in [0.717, 1.165) is 0 Å². The Morgan fingerprint density at radius 1 is 1.00 bits per heavy atom. The van der Waals surface area contributed by atoms with Crippen LogP contribution < -0.4 is 0 Å².